The predicted molar refractivity (Wildman–Crippen MR) is 269 cm³/mol. The van der Waals surface area contributed by atoms with Gasteiger partial charge in [0.05, 0.1) is 24.8 Å². The third-order valence-corrected chi connectivity index (χ3v) is 13.4. The number of hydrogen-bond acceptors (Lipinski definition) is 14. The van der Waals surface area contributed by atoms with Gasteiger partial charge in [0.25, 0.3) is 11.8 Å². The van der Waals surface area contributed by atoms with Gasteiger partial charge in [-0.15, -0.1) is 22.6 Å². The highest BCUT2D eigenvalue weighted by molar-refractivity contribution is 6.07. The number of carbonyl (C=O) groups excluding carboxylic acids is 5. The third kappa shape index (κ3) is 12.4. The summed E-state index contributed by atoms with van der Waals surface area (Å²) in [6.07, 6.45) is 9.38. The van der Waals surface area contributed by atoms with Gasteiger partial charge in [0.2, 0.25) is 17.7 Å². The predicted octanol–water partition coefficient (Wildman–Crippen LogP) is 5.95. The van der Waals surface area contributed by atoms with Crippen LogP contribution in [-0.2, 0) is 35.9 Å². The van der Waals surface area contributed by atoms with Gasteiger partial charge in [0.1, 0.15) is 24.1 Å². The normalized spacial score (nSPS) is 18.2. The number of fused-ring (bicyclic) bond motifs is 2. The standard InChI is InChI=1S/C52H60N10O9.ClH/c1-61-23-19-52(20-24-61,51-57-47(59-60-51)34-16-21-53-22-17-34)58-36-9-5-8-35(30-36)48(65)55-42-18-29-71-44-14-12-37(31-39(42)44)70-28-4-2-3-25-68-26-7-27-69-33-46(64)54-41-11-6-10-38-40(41)32-62(50(38)67)43-13-15-45(63)56-49(43)66;/h5-6,8-12,14,16-17,21-22,30-31,42-43,58H,2-4,7,13,15,18-20,23-29,32-33H2,1H3,(H,54,64)(H,55,65)(H,56,63,66)(H,57,59,60);1H/t42-,43?;/m0./s1. The summed E-state index contributed by atoms with van der Waals surface area (Å²) in [4.78, 5) is 75.0. The van der Waals surface area contributed by atoms with Crippen molar-refractivity contribution >= 4 is 53.3 Å². The van der Waals surface area contributed by atoms with Gasteiger partial charge >= 0.3 is 0 Å². The molecule has 4 aliphatic heterocycles. The fraction of sp³-hybridized carbons (Fsp3) is 0.423. The lowest BCUT2D eigenvalue weighted by molar-refractivity contribution is -0.137. The first-order chi connectivity index (χ1) is 34.6. The highest BCUT2D eigenvalue weighted by Crippen LogP contribution is 2.38. The number of aromatic amines is 1. The molecule has 0 bridgehead atoms. The van der Waals surface area contributed by atoms with E-state index in [9.17, 15) is 24.0 Å². The maximum absolute atomic E-state index is 13.9. The minimum atomic E-state index is -0.733. The van der Waals surface area contributed by atoms with E-state index in [-0.39, 0.29) is 68.1 Å². The number of anilines is 2. The Morgan fingerprint density at radius 2 is 1.67 bits per heavy atom. The molecular weight excluding hydrogens is 944 g/mol. The van der Waals surface area contributed by atoms with Crippen molar-refractivity contribution < 1.29 is 42.9 Å². The number of carbonyl (C=O) groups is 5. The Balaban J connectivity index is 0.00000693. The SMILES string of the molecule is CN1CCC(Nc2cccc(C(=O)N[C@H]3CCOc4ccc(OCCCCCOCCCOCC(=O)Nc5cccc6c5CN(C5CCC(=O)NC5=O)C6=O)cc43)c2)(c2nnc(-c3ccncc3)[nH]2)CC1.Cl. The van der Waals surface area contributed by atoms with Crippen LogP contribution in [0.15, 0.2) is 85.2 Å². The average Bonchev–Trinajstić information content (AvgIpc) is 4.02. The second kappa shape index (κ2) is 24.0. The van der Waals surface area contributed by atoms with Crippen LogP contribution in [0.25, 0.3) is 11.4 Å². The molecule has 380 valence electrons. The summed E-state index contributed by atoms with van der Waals surface area (Å²) in [5, 5.41) is 21.2. The number of amides is 5. The molecule has 0 spiro atoms. The van der Waals surface area contributed by atoms with E-state index < -0.39 is 17.5 Å². The number of nitrogens with one attached hydrogen (secondary N) is 5. The molecule has 3 aromatic carbocycles. The Labute approximate surface area is 423 Å². The molecule has 4 aliphatic rings. The minimum Gasteiger partial charge on any atom is -0.494 e. The Bertz CT molecular complexity index is 2710. The zero-order valence-corrected chi connectivity index (χ0v) is 41.1. The maximum Gasteiger partial charge on any atom is 0.255 e. The van der Waals surface area contributed by atoms with Gasteiger partial charge in [0.15, 0.2) is 11.6 Å². The van der Waals surface area contributed by atoms with E-state index >= 15 is 0 Å². The fourth-order valence-corrected chi connectivity index (χ4v) is 9.50. The number of nitrogens with zero attached hydrogens (tertiary/aromatic N) is 5. The summed E-state index contributed by atoms with van der Waals surface area (Å²) in [7, 11) is 2.12. The number of halogens is 1. The van der Waals surface area contributed by atoms with Gasteiger partial charge < -0.3 is 49.7 Å². The smallest absolute Gasteiger partial charge is 0.255 e. The summed E-state index contributed by atoms with van der Waals surface area (Å²) < 4.78 is 23.5. The number of imide groups is 1. The van der Waals surface area contributed by atoms with Crippen LogP contribution in [0.3, 0.4) is 0 Å². The first-order valence-electron chi connectivity index (χ1n) is 24.4. The first-order valence-corrected chi connectivity index (χ1v) is 24.4. The molecule has 0 saturated carbocycles. The molecule has 0 radical (unpaired) electrons. The number of unbranched alkanes of at least 4 members (excludes halogenated alkanes) is 2. The molecule has 2 saturated heterocycles. The molecule has 5 aromatic rings. The topological polar surface area (TPSA) is 231 Å². The molecule has 2 atom stereocenters. The molecule has 1 unspecified atom stereocenters. The van der Waals surface area contributed by atoms with Gasteiger partial charge in [0, 0.05) is 104 Å². The molecule has 9 rings (SSSR count). The molecule has 20 heteroatoms. The van der Waals surface area contributed by atoms with Gasteiger partial charge in [-0.05, 0) is 113 Å². The molecule has 5 N–H and O–H groups in total. The fourth-order valence-electron chi connectivity index (χ4n) is 9.50. The van der Waals surface area contributed by atoms with Gasteiger partial charge in [-0.3, -0.25) is 34.3 Å². The van der Waals surface area contributed by atoms with E-state index in [0.29, 0.717) is 79.8 Å². The Hall–Kier alpha value is -6.93. The van der Waals surface area contributed by atoms with E-state index in [4.69, 9.17) is 18.9 Å². The number of likely N-dealkylation sites (tertiary alicyclic amines) is 1. The van der Waals surface area contributed by atoms with Gasteiger partial charge in [-0.1, -0.05) is 12.1 Å². The van der Waals surface area contributed by atoms with E-state index in [1.807, 2.05) is 54.6 Å². The van der Waals surface area contributed by atoms with Crippen LogP contribution in [0.1, 0.15) is 101 Å². The zero-order chi connectivity index (χ0) is 49.2. The largest absolute Gasteiger partial charge is 0.494 e. The van der Waals surface area contributed by atoms with E-state index in [1.165, 1.54) is 4.90 Å². The second-order valence-electron chi connectivity index (χ2n) is 18.4. The molecule has 19 nitrogen and oxygen atoms in total. The number of benzene rings is 3. The van der Waals surface area contributed by atoms with E-state index in [0.717, 1.165) is 73.6 Å². The molecular formula is C52H61ClN10O9. The Morgan fingerprint density at radius 1 is 0.875 bits per heavy atom. The summed E-state index contributed by atoms with van der Waals surface area (Å²) in [5.41, 5.74) is 4.20. The van der Waals surface area contributed by atoms with Crippen LogP contribution in [-0.4, -0.2) is 125 Å². The number of hydrogen-bond donors (Lipinski definition) is 5. The van der Waals surface area contributed by atoms with Crippen LogP contribution < -0.4 is 30.7 Å². The maximum atomic E-state index is 13.9. The van der Waals surface area contributed by atoms with E-state index in [2.05, 4.69) is 53.4 Å². The van der Waals surface area contributed by atoms with Crippen molar-refractivity contribution in [2.45, 2.75) is 82.0 Å². The Morgan fingerprint density at radius 3 is 2.50 bits per heavy atom. The third-order valence-electron chi connectivity index (χ3n) is 13.4. The minimum absolute atomic E-state index is 0. The number of H-pyrrole nitrogens is 1. The second-order valence-corrected chi connectivity index (χ2v) is 18.4. The monoisotopic (exact) mass is 1000 g/mol. The number of aromatic nitrogens is 4. The summed E-state index contributed by atoms with van der Waals surface area (Å²) in [6.45, 7) is 4.21. The molecule has 5 amide bonds. The summed E-state index contributed by atoms with van der Waals surface area (Å²) >= 11 is 0. The average molecular weight is 1010 g/mol. The van der Waals surface area contributed by atoms with Crippen molar-refractivity contribution in [3.05, 3.63) is 113 Å². The Kier molecular flexibility index (Phi) is 17.1. The zero-order valence-electron chi connectivity index (χ0n) is 40.3. The van der Waals surface area contributed by atoms with Crippen molar-refractivity contribution in [3.63, 3.8) is 0 Å². The molecule has 2 fully saturated rings. The van der Waals surface area contributed by atoms with Crippen LogP contribution in [0, 0.1) is 0 Å². The molecule has 6 heterocycles. The lowest BCUT2D eigenvalue weighted by atomic mass is 9.86. The lowest BCUT2D eigenvalue weighted by Crippen LogP contribution is -2.52. The summed E-state index contributed by atoms with van der Waals surface area (Å²) in [6, 6.07) is 21.2. The van der Waals surface area contributed by atoms with Crippen LogP contribution in [0.4, 0.5) is 11.4 Å². The first kappa shape index (κ1) is 51.4. The van der Waals surface area contributed by atoms with Crippen molar-refractivity contribution in [3.8, 4) is 22.9 Å². The highest BCUT2D eigenvalue weighted by atomic mass is 35.5. The quantitative estimate of drug-likeness (QED) is 0.0423. The molecule has 72 heavy (non-hydrogen) atoms. The number of rotatable bonds is 21. The van der Waals surface area contributed by atoms with Crippen LogP contribution in [0.5, 0.6) is 11.5 Å². The molecule has 0 aliphatic carbocycles. The number of pyridine rings is 1. The van der Waals surface area contributed by atoms with E-state index in [1.54, 1.807) is 30.6 Å². The van der Waals surface area contributed by atoms with Crippen molar-refractivity contribution in [1.82, 2.24) is 40.6 Å². The van der Waals surface area contributed by atoms with Crippen LogP contribution in [0.2, 0.25) is 0 Å². The number of piperidine rings is 2. The van der Waals surface area contributed by atoms with Crippen molar-refractivity contribution in [1.29, 1.82) is 0 Å². The van der Waals surface area contributed by atoms with Crippen molar-refractivity contribution in [2.24, 2.45) is 0 Å². The van der Waals surface area contributed by atoms with Crippen LogP contribution >= 0.6 is 12.4 Å². The number of ether oxygens (including phenoxy) is 4. The summed E-state index contributed by atoms with van der Waals surface area (Å²) in [5.74, 6) is 1.22. The van der Waals surface area contributed by atoms with Gasteiger partial charge in [-0.25, -0.2) is 0 Å². The highest BCUT2D eigenvalue weighted by Gasteiger charge is 2.41. The van der Waals surface area contributed by atoms with Crippen molar-refractivity contribution in [2.75, 3.05) is 70.4 Å². The molecule has 2 aromatic heterocycles. The lowest BCUT2D eigenvalue weighted by Gasteiger charge is -2.40. The van der Waals surface area contributed by atoms with Gasteiger partial charge in [-0.2, -0.15) is 0 Å².